The zero-order valence-electron chi connectivity index (χ0n) is 12.1. The summed E-state index contributed by atoms with van der Waals surface area (Å²) in [5, 5.41) is 9.93. The molecule has 2 unspecified atom stereocenters. The van der Waals surface area contributed by atoms with Crippen LogP contribution in [0.15, 0.2) is 24.3 Å². The fourth-order valence-corrected chi connectivity index (χ4v) is 3.24. The third-order valence-electron chi connectivity index (χ3n) is 4.73. The van der Waals surface area contributed by atoms with E-state index in [9.17, 15) is 9.90 Å². The van der Waals surface area contributed by atoms with Gasteiger partial charge in [-0.1, -0.05) is 24.3 Å². The molecule has 1 amide bonds. The Morgan fingerprint density at radius 3 is 2.85 bits per heavy atom. The molecule has 0 spiro atoms. The number of nitrogens with zero attached hydrogens (tertiary/aromatic N) is 1. The van der Waals surface area contributed by atoms with Crippen molar-refractivity contribution in [2.45, 2.75) is 44.1 Å². The van der Waals surface area contributed by atoms with Crippen LogP contribution < -0.4 is 0 Å². The van der Waals surface area contributed by atoms with Gasteiger partial charge < -0.3 is 10.0 Å². The van der Waals surface area contributed by atoms with Crippen molar-refractivity contribution < 1.29 is 9.90 Å². The number of hydrogen-bond acceptors (Lipinski definition) is 2. The number of carbonyl (C=O) groups is 1. The van der Waals surface area contributed by atoms with Gasteiger partial charge in [-0.15, -0.1) is 0 Å². The van der Waals surface area contributed by atoms with Gasteiger partial charge in [-0.2, -0.15) is 0 Å². The molecule has 1 saturated carbocycles. The van der Waals surface area contributed by atoms with Crippen molar-refractivity contribution in [1.29, 1.82) is 0 Å². The van der Waals surface area contributed by atoms with E-state index in [0.29, 0.717) is 24.8 Å². The summed E-state index contributed by atoms with van der Waals surface area (Å²) >= 11 is 0. The minimum atomic E-state index is -0.334. The molecule has 2 aliphatic rings. The van der Waals surface area contributed by atoms with E-state index in [4.69, 9.17) is 0 Å². The van der Waals surface area contributed by atoms with Crippen LogP contribution in [0.3, 0.4) is 0 Å². The normalized spacial score (nSPS) is 22.4. The van der Waals surface area contributed by atoms with E-state index in [1.165, 1.54) is 11.1 Å². The highest BCUT2D eigenvalue weighted by molar-refractivity contribution is 5.77. The second-order valence-corrected chi connectivity index (χ2v) is 6.32. The largest absolute Gasteiger partial charge is 0.391 e. The van der Waals surface area contributed by atoms with Crippen molar-refractivity contribution in [2.24, 2.45) is 5.92 Å². The zero-order valence-corrected chi connectivity index (χ0v) is 12.1. The lowest BCUT2D eigenvalue weighted by atomic mass is 9.97. The molecule has 1 N–H and O–H groups in total. The molecule has 1 fully saturated rings. The third-order valence-corrected chi connectivity index (χ3v) is 4.73. The Labute approximate surface area is 120 Å². The lowest BCUT2D eigenvalue weighted by Gasteiger charge is -2.22. The lowest BCUT2D eigenvalue weighted by Crippen LogP contribution is -2.35. The van der Waals surface area contributed by atoms with Gasteiger partial charge in [0.1, 0.15) is 0 Å². The van der Waals surface area contributed by atoms with E-state index in [1.54, 1.807) is 4.90 Å². The number of carbonyl (C=O) groups excluding carboxylic acids is 1. The number of likely N-dealkylation sites (N-methyl/N-ethyl adjacent to an activating group) is 1. The van der Waals surface area contributed by atoms with Crippen LogP contribution in [0.25, 0.3) is 0 Å². The van der Waals surface area contributed by atoms with Crippen molar-refractivity contribution in [3.05, 3.63) is 35.4 Å². The molecule has 2 aliphatic carbocycles. The molecule has 1 aromatic carbocycles. The Morgan fingerprint density at radius 1 is 1.35 bits per heavy atom. The maximum absolute atomic E-state index is 12.3. The van der Waals surface area contributed by atoms with Crippen LogP contribution in [0.2, 0.25) is 0 Å². The molecule has 3 heteroatoms. The summed E-state index contributed by atoms with van der Waals surface area (Å²) in [6, 6.07) is 8.45. The summed E-state index contributed by atoms with van der Waals surface area (Å²) in [6.45, 7) is 0.484. The second-order valence-electron chi connectivity index (χ2n) is 6.32. The maximum atomic E-state index is 12.3. The molecule has 0 bridgehead atoms. The Kier molecular flexibility index (Phi) is 3.79. The first kappa shape index (κ1) is 13.6. The zero-order chi connectivity index (χ0) is 14.1. The fraction of sp³-hybridized carbons (Fsp3) is 0.588. The summed E-state index contributed by atoms with van der Waals surface area (Å²) in [4.78, 5) is 14.0. The quantitative estimate of drug-likeness (QED) is 0.894. The van der Waals surface area contributed by atoms with Crippen LogP contribution in [0, 0.1) is 5.92 Å². The first-order valence-electron chi connectivity index (χ1n) is 7.65. The Morgan fingerprint density at radius 2 is 2.10 bits per heavy atom. The van der Waals surface area contributed by atoms with Crippen molar-refractivity contribution in [1.82, 2.24) is 4.90 Å². The second kappa shape index (κ2) is 5.57. The number of aliphatic hydroxyl groups excluding tert-OH is 1. The van der Waals surface area contributed by atoms with Gasteiger partial charge in [-0.3, -0.25) is 4.79 Å². The average Bonchev–Trinajstić information content (AvgIpc) is 3.22. The number of rotatable bonds is 5. The van der Waals surface area contributed by atoms with Gasteiger partial charge in [0, 0.05) is 20.0 Å². The van der Waals surface area contributed by atoms with E-state index in [2.05, 4.69) is 24.3 Å². The molecule has 0 heterocycles. The summed E-state index contributed by atoms with van der Waals surface area (Å²) in [7, 11) is 1.81. The Bertz CT molecular complexity index is 496. The van der Waals surface area contributed by atoms with E-state index >= 15 is 0 Å². The first-order chi connectivity index (χ1) is 9.65. The predicted molar refractivity (Wildman–Crippen MR) is 78.5 cm³/mol. The molecule has 3 rings (SSSR count). The average molecular weight is 273 g/mol. The van der Waals surface area contributed by atoms with E-state index in [-0.39, 0.29) is 12.0 Å². The molecule has 0 aliphatic heterocycles. The number of fused-ring (bicyclic) bond motifs is 1. The molecule has 20 heavy (non-hydrogen) atoms. The highest BCUT2D eigenvalue weighted by atomic mass is 16.3. The number of aliphatic hydroxyl groups is 1. The smallest absolute Gasteiger partial charge is 0.223 e. The van der Waals surface area contributed by atoms with Crippen LogP contribution in [0.1, 0.15) is 42.7 Å². The van der Waals surface area contributed by atoms with Gasteiger partial charge in [0.05, 0.1) is 6.10 Å². The molecule has 1 aromatic rings. The van der Waals surface area contributed by atoms with Crippen LogP contribution >= 0.6 is 0 Å². The van der Waals surface area contributed by atoms with E-state index in [0.717, 1.165) is 25.7 Å². The van der Waals surface area contributed by atoms with Crippen LogP contribution in [-0.2, 0) is 11.2 Å². The molecule has 0 aromatic heterocycles. The van der Waals surface area contributed by atoms with Crippen LogP contribution in [0.4, 0.5) is 0 Å². The molecular formula is C17H23NO2. The molecule has 0 saturated heterocycles. The van der Waals surface area contributed by atoms with Gasteiger partial charge >= 0.3 is 0 Å². The van der Waals surface area contributed by atoms with Gasteiger partial charge in [-0.25, -0.2) is 0 Å². The Balaban J connectivity index is 1.56. The summed E-state index contributed by atoms with van der Waals surface area (Å²) in [5.41, 5.74) is 2.74. The maximum Gasteiger partial charge on any atom is 0.223 e. The van der Waals surface area contributed by atoms with Crippen molar-refractivity contribution in [3.8, 4) is 0 Å². The predicted octanol–water partition coefficient (Wildman–Crippen LogP) is 2.34. The minimum absolute atomic E-state index is 0.159. The highest BCUT2D eigenvalue weighted by Crippen LogP contribution is 2.36. The summed E-state index contributed by atoms with van der Waals surface area (Å²) < 4.78 is 0. The van der Waals surface area contributed by atoms with Crippen LogP contribution in [0.5, 0.6) is 0 Å². The topological polar surface area (TPSA) is 40.5 Å². The van der Waals surface area contributed by atoms with Crippen molar-refractivity contribution in [2.75, 3.05) is 13.6 Å². The van der Waals surface area contributed by atoms with E-state index < -0.39 is 0 Å². The standard InChI is InChI=1S/C17H23NO2/c1-18(11-16(19)13-7-8-13)17(20)10-14-9-6-12-4-2-3-5-15(12)14/h2-5,13-14,16,19H,6-11H2,1H3. The SMILES string of the molecule is CN(CC(O)C1CC1)C(=O)CC1CCc2ccccc21. The van der Waals surface area contributed by atoms with Crippen molar-refractivity contribution >= 4 is 5.91 Å². The molecule has 3 nitrogen and oxygen atoms in total. The van der Waals surface area contributed by atoms with Crippen LogP contribution in [-0.4, -0.2) is 35.6 Å². The van der Waals surface area contributed by atoms with Gasteiger partial charge in [-0.05, 0) is 48.6 Å². The van der Waals surface area contributed by atoms with E-state index in [1.807, 2.05) is 7.05 Å². The molecular weight excluding hydrogens is 250 g/mol. The first-order valence-corrected chi connectivity index (χ1v) is 7.65. The summed E-state index contributed by atoms with van der Waals surface area (Å²) in [5.74, 6) is 0.947. The number of amides is 1. The summed E-state index contributed by atoms with van der Waals surface area (Å²) in [6.07, 6.45) is 4.62. The van der Waals surface area contributed by atoms with Crippen molar-refractivity contribution in [3.63, 3.8) is 0 Å². The lowest BCUT2D eigenvalue weighted by molar-refractivity contribution is -0.131. The minimum Gasteiger partial charge on any atom is -0.391 e. The Hall–Kier alpha value is -1.35. The van der Waals surface area contributed by atoms with Gasteiger partial charge in [0.2, 0.25) is 5.91 Å². The molecule has 108 valence electrons. The number of benzene rings is 1. The van der Waals surface area contributed by atoms with Gasteiger partial charge in [0.25, 0.3) is 0 Å². The molecule has 2 atom stereocenters. The third kappa shape index (κ3) is 2.88. The number of aryl methyl sites for hydroxylation is 1. The molecule has 0 radical (unpaired) electrons. The monoisotopic (exact) mass is 273 g/mol. The highest BCUT2D eigenvalue weighted by Gasteiger charge is 2.32. The number of hydrogen-bond donors (Lipinski definition) is 1. The van der Waals surface area contributed by atoms with Gasteiger partial charge in [0.15, 0.2) is 0 Å². The fourth-order valence-electron chi connectivity index (χ4n) is 3.24.